The third kappa shape index (κ3) is 2.53. The van der Waals surface area contributed by atoms with Crippen molar-refractivity contribution in [2.24, 2.45) is 0 Å². The SMILES string of the molecule is CC(=O)c1ccnc(N(C)c2ccc(F)cc2)c1. The van der Waals surface area contributed by atoms with Crippen LogP contribution in [-0.2, 0) is 0 Å². The summed E-state index contributed by atoms with van der Waals surface area (Å²) < 4.78 is 12.8. The molecular weight excluding hydrogens is 231 g/mol. The predicted octanol–water partition coefficient (Wildman–Crippen LogP) is 3.19. The molecule has 1 aromatic carbocycles. The molecule has 0 saturated heterocycles. The molecular formula is C14H13FN2O. The Kier molecular flexibility index (Phi) is 3.37. The zero-order valence-corrected chi connectivity index (χ0v) is 10.2. The van der Waals surface area contributed by atoms with Crippen LogP contribution in [0, 0.1) is 5.82 Å². The molecule has 0 aliphatic heterocycles. The quantitative estimate of drug-likeness (QED) is 0.777. The van der Waals surface area contributed by atoms with E-state index in [0.717, 1.165) is 5.69 Å². The Bertz CT molecular complexity index is 566. The minimum atomic E-state index is -0.280. The minimum Gasteiger partial charge on any atom is -0.329 e. The van der Waals surface area contributed by atoms with E-state index >= 15 is 0 Å². The number of ketones is 1. The van der Waals surface area contributed by atoms with Gasteiger partial charge >= 0.3 is 0 Å². The first-order valence-corrected chi connectivity index (χ1v) is 5.54. The fourth-order valence-corrected chi connectivity index (χ4v) is 1.62. The van der Waals surface area contributed by atoms with Gasteiger partial charge in [0.1, 0.15) is 11.6 Å². The van der Waals surface area contributed by atoms with Gasteiger partial charge in [0.15, 0.2) is 5.78 Å². The lowest BCUT2D eigenvalue weighted by Crippen LogP contribution is -2.11. The second-order valence-electron chi connectivity index (χ2n) is 3.99. The van der Waals surface area contributed by atoms with Crippen molar-refractivity contribution in [2.45, 2.75) is 6.92 Å². The molecule has 3 nitrogen and oxygen atoms in total. The van der Waals surface area contributed by atoms with E-state index < -0.39 is 0 Å². The van der Waals surface area contributed by atoms with E-state index in [1.807, 2.05) is 7.05 Å². The minimum absolute atomic E-state index is 0.00819. The Hall–Kier alpha value is -2.23. The largest absolute Gasteiger partial charge is 0.329 e. The molecule has 18 heavy (non-hydrogen) atoms. The number of benzene rings is 1. The van der Waals surface area contributed by atoms with E-state index in [1.165, 1.54) is 19.1 Å². The highest BCUT2D eigenvalue weighted by Crippen LogP contribution is 2.22. The number of rotatable bonds is 3. The predicted molar refractivity (Wildman–Crippen MR) is 68.7 cm³/mol. The summed E-state index contributed by atoms with van der Waals surface area (Å²) in [7, 11) is 1.82. The van der Waals surface area contributed by atoms with E-state index in [-0.39, 0.29) is 11.6 Å². The van der Waals surface area contributed by atoms with Gasteiger partial charge in [-0.05, 0) is 43.3 Å². The number of anilines is 2. The van der Waals surface area contributed by atoms with Crippen LogP contribution in [0.3, 0.4) is 0 Å². The molecule has 0 spiro atoms. The van der Waals surface area contributed by atoms with Gasteiger partial charge in [-0.1, -0.05) is 0 Å². The molecule has 0 atom stereocenters. The number of carbonyl (C=O) groups is 1. The van der Waals surface area contributed by atoms with Gasteiger partial charge in [-0.3, -0.25) is 4.79 Å². The van der Waals surface area contributed by atoms with Gasteiger partial charge < -0.3 is 4.90 Å². The van der Waals surface area contributed by atoms with Crippen LogP contribution < -0.4 is 4.90 Å². The standard InChI is InChI=1S/C14H13FN2O/c1-10(18)11-7-8-16-14(9-11)17(2)13-5-3-12(15)4-6-13/h3-9H,1-2H3. The highest BCUT2D eigenvalue weighted by molar-refractivity contribution is 5.94. The second kappa shape index (κ2) is 4.96. The lowest BCUT2D eigenvalue weighted by molar-refractivity contribution is 0.101. The molecule has 2 rings (SSSR count). The molecule has 4 heteroatoms. The van der Waals surface area contributed by atoms with Crippen LogP contribution in [0.15, 0.2) is 42.6 Å². The number of pyridine rings is 1. The Labute approximate surface area is 105 Å². The first kappa shape index (κ1) is 12.2. The Morgan fingerprint density at radius 3 is 2.50 bits per heavy atom. The maximum atomic E-state index is 12.8. The first-order valence-electron chi connectivity index (χ1n) is 5.54. The molecule has 92 valence electrons. The monoisotopic (exact) mass is 244 g/mol. The lowest BCUT2D eigenvalue weighted by Gasteiger charge is -2.18. The number of carbonyl (C=O) groups excluding carboxylic acids is 1. The number of halogens is 1. The topological polar surface area (TPSA) is 33.2 Å². The van der Waals surface area contributed by atoms with Crippen LogP contribution >= 0.6 is 0 Å². The molecule has 0 radical (unpaired) electrons. The van der Waals surface area contributed by atoms with Crippen LogP contribution in [0.5, 0.6) is 0 Å². The summed E-state index contributed by atoms with van der Waals surface area (Å²) in [6.07, 6.45) is 1.59. The van der Waals surface area contributed by atoms with Crippen LogP contribution in [0.1, 0.15) is 17.3 Å². The molecule has 1 aromatic heterocycles. The molecule has 1 heterocycles. The van der Waals surface area contributed by atoms with Gasteiger partial charge in [0.25, 0.3) is 0 Å². The first-order chi connectivity index (χ1) is 8.58. The average Bonchev–Trinajstić information content (AvgIpc) is 2.39. The third-order valence-corrected chi connectivity index (χ3v) is 2.71. The number of hydrogen-bond donors (Lipinski definition) is 0. The number of aromatic nitrogens is 1. The molecule has 0 aliphatic carbocycles. The summed E-state index contributed by atoms with van der Waals surface area (Å²) in [6.45, 7) is 1.51. The molecule has 0 saturated carbocycles. The van der Waals surface area contributed by atoms with Crippen molar-refractivity contribution < 1.29 is 9.18 Å². The van der Waals surface area contributed by atoms with Gasteiger partial charge in [0.2, 0.25) is 0 Å². The smallest absolute Gasteiger partial charge is 0.159 e. The summed E-state index contributed by atoms with van der Waals surface area (Å²) in [5, 5.41) is 0. The molecule has 0 N–H and O–H groups in total. The zero-order chi connectivity index (χ0) is 13.1. The van der Waals surface area contributed by atoms with Crippen molar-refractivity contribution in [3.63, 3.8) is 0 Å². The van der Waals surface area contributed by atoms with Crippen LogP contribution in [0.25, 0.3) is 0 Å². The van der Waals surface area contributed by atoms with Gasteiger partial charge in [-0.25, -0.2) is 9.37 Å². The number of nitrogens with zero attached hydrogens (tertiary/aromatic N) is 2. The van der Waals surface area contributed by atoms with Crippen molar-refractivity contribution in [3.8, 4) is 0 Å². The molecule has 0 fully saturated rings. The molecule has 0 aliphatic rings. The van der Waals surface area contributed by atoms with E-state index in [0.29, 0.717) is 11.4 Å². The maximum Gasteiger partial charge on any atom is 0.159 e. The van der Waals surface area contributed by atoms with Crippen molar-refractivity contribution in [2.75, 3.05) is 11.9 Å². The fourth-order valence-electron chi connectivity index (χ4n) is 1.62. The van der Waals surface area contributed by atoms with Crippen molar-refractivity contribution in [1.82, 2.24) is 4.98 Å². The van der Waals surface area contributed by atoms with E-state index in [1.54, 1.807) is 35.4 Å². The highest BCUT2D eigenvalue weighted by Gasteiger charge is 2.07. The summed E-state index contributed by atoms with van der Waals surface area (Å²) in [5.74, 6) is 0.359. The Morgan fingerprint density at radius 1 is 1.22 bits per heavy atom. The molecule has 2 aromatic rings. The molecule has 0 unspecified atom stereocenters. The number of hydrogen-bond acceptors (Lipinski definition) is 3. The molecule has 0 amide bonds. The van der Waals surface area contributed by atoms with Gasteiger partial charge in [-0.2, -0.15) is 0 Å². The number of Topliss-reactive ketones (excluding diaryl/α,β-unsaturated/α-hetero) is 1. The normalized spacial score (nSPS) is 10.2. The second-order valence-corrected chi connectivity index (χ2v) is 3.99. The summed E-state index contributed by atoms with van der Waals surface area (Å²) in [6, 6.07) is 9.49. The third-order valence-electron chi connectivity index (χ3n) is 2.71. The van der Waals surface area contributed by atoms with Gasteiger partial charge in [0, 0.05) is 24.5 Å². The summed E-state index contributed by atoms with van der Waals surface area (Å²) in [4.78, 5) is 17.3. The van der Waals surface area contributed by atoms with Crippen LogP contribution in [0.2, 0.25) is 0 Å². The average molecular weight is 244 g/mol. The summed E-state index contributed by atoms with van der Waals surface area (Å²) in [5.41, 5.74) is 1.42. The van der Waals surface area contributed by atoms with E-state index in [4.69, 9.17) is 0 Å². The van der Waals surface area contributed by atoms with Gasteiger partial charge in [-0.15, -0.1) is 0 Å². The highest BCUT2D eigenvalue weighted by atomic mass is 19.1. The molecule has 0 bridgehead atoms. The Morgan fingerprint density at radius 2 is 1.89 bits per heavy atom. The van der Waals surface area contributed by atoms with E-state index in [9.17, 15) is 9.18 Å². The van der Waals surface area contributed by atoms with E-state index in [2.05, 4.69) is 4.98 Å². The maximum absolute atomic E-state index is 12.8. The van der Waals surface area contributed by atoms with Crippen molar-refractivity contribution >= 4 is 17.3 Å². The van der Waals surface area contributed by atoms with Crippen molar-refractivity contribution in [1.29, 1.82) is 0 Å². The van der Waals surface area contributed by atoms with Crippen molar-refractivity contribution in [3.05, 3.63) is 54.0 Å². The van der Waals surface area contributed by atoms with Crippen LogP contribution in [-0.4, -0.2) is 17.8 Å². The lowest BCUT2D eigenvalue weighted by atomic mass is 10.2. The zero-order valence-electron chi connectivity index (χ0n) is 10.2. The summed E-state index contributed by atoms with van der Waals surface area (Å²) >= 11 is 0. The fraction of sp³-hybridized carbons (Fsp3) is 0.143. The van der Waals surface area contributed by atoms with Crippen LogP contribution in [0.4, 0.5) is 15.9 Å². The van der Waals surface area contributed by atoms with Gasteiger partial charge in [0.05, 0.1) is 0 Å². The Balaban J connectivity index is 2.33.